The number of oxazole rings is 1. The third-order valence-corrected chi connectivity index (χ3v) is 4.02. The van der Waals surface area contributed by atoms with Crippen molar-refractivity contribution >= 4 is 27.0 Å². The van der Waals surface area contributed by atoms with Gasteiger partial charge in [0.2, 0.25) is 5.89 Å². The first-order valence-electron chi connectivity index (χ1n) is 6.71. The molecule has 0 unspecified atom stereocenters. The predicted molar refractivity (Wildman–Crippen MR) is 86.0 cm³/mol. The van der Waals surface area contributed by atoms with Crippen LogP contribution in [-0.2, 0) is 0 Å². The highest BCUT2D eigenvalue weighted by molar-refractivity contribution is 9.10. The van der Waals surface area contributed by atoms with Crippen LogP contribution in [0.4, 0.5) is 0 Å². The zero-order chi connectivity index (χ0) is 14.3. The van der Waals surface area contributed by atoms with E-state index in [1.54, 1.807) is 0 Å². The van der Waals surface area contributed by atoms with Crippen molar-refractivity contribution in [1.29, 1.82) is 0 Å². The standard InChI is InChI=1S/C17H16BrNO/c1-10(2)13-8-14(18)16-15(9-13)19-17(20-16)12-6-4-11(3)5-7-12/h4-10H,1-3H3. The van der Waals surface area contributed by atoms with E-state index in [0.29, 0.717) is 11.8 Å². The molecule has 0 N–H and O–H groups in total. The van der Waals surface area contributed by atoms with Gasteiger partial charge >= 0.3 is 0 Å². The van der Waals surface area contributed by atoms with Crippen molar-refractivity contribution < 1.29 is 4.42 Å². The lowest BCUT2D eigenvalue weighted by atomic mass is 10.0. The Labute approximate surface area is 127 Å². The van der Waals surface area contributed by atoms with E-state index in [1.807, 2.05) is 12.1 Å². The summed E-state index contributed by atoms with van der Waals surface area (Å²) < 4.78 is 6.86. The second-order valence-corrected chi connectivity index (χ2v) is 6.25. The molecule has 0 fully saturated rings. The summed E-state index contributed by atoms with van der Waals surface area (Å²) in [5, 5.41) is 0. The van der Waals surface area contributed by atoms with Gasteiger partial charge in [-0.05, 0) is 58.6 Å². The van der Waals surface area contributed by atoms with Crippen LogP contribution in [0.1, 0.15) is 30.9 Å². The molecule has 1 heterocycles. The number of fused-ring (bicyclic) bond motifs is 1. The molecule has 0 saturated carbocycles. The first kappa shape index (κ1) is 13.4. The van der Waals surface area contributed by atoms with E-state index in [9.17, 15) is 0 Å². The van der Waals surface area contributed by atoms with E-state index < -0.39 is 0 Å². The fraction of sp³-hybridized carbons (Fsp3) is 0.235. The van der Waals surface area contributed by atoms with Crippen LogP contribution in [0.3, 0.4) is 0 Å². The average Bonchev–Trinajstić information content (AvgIpc) is 2.84. The molecule has 3 aromatic rings. The van der Waals surface area contributed by atoms with E-state index >= 15 is 0 Å². The first-order chi connectivity index (χ1) is 9.54. The van der Waals surface area contributed by atoms with Crippen LogP contribution in [0.5, 0.6) is 0 Å². The minimum atomic E-state index is 0.468. The van der Waals surface area contributed by atoms with Gasteiger partial charge in [0.15, 0.2) is 5.58 Å². The van der Waals surface area contributed by atoms with E-state index in [0.717, 1.165) is 21.1 Å². The highest BCUT2D eigenvalue weighted by atomic mass is 79.9. The third kappa shape index (κ3) is 2.38. The van der Waals surface area contributed by atoms with E-state index in [2.05, 4.69) is 66.0 Å². The average molecular weight is 330 g/mol. The van der Waals surface area contributed by atoms with E-state index in [-0.39, 0.29) is 0 Å². The number of halogens is 1. The predicted octanol–water partition coefficient (Wildman–Crippen LogP) is 5.69. The Morgan fingerprint density at radius 3 is 2.45 bits per heavy atom. The zero-order valence-corrected chi connectivity index (χ0v) is 13.4. The molecule has 20 heavy (non-hydrogen) atoms. The van der Waals surface area contributed by atoms with Crippen molar-refractivity contribution in [2.75, 3.05) is 0 Å². The maximum atomic E-state index is 5.90. The van der Waals surface area contributed by atoms with Gasteiger partial charge in [-0.25, -0.2) is 4.98 Å². The minimum absolute atomic E-state index is 0.468. The molecule has 2 aromatic carbocycles. The lowest BCUT2D eigenvalue weighted by molar-refractivity contribution is 0.618. The van der Waals surface area contributed by atoms with Crippen LogP contribution in [0.25, 0.3) is 22.6 Å². The van der Waals surface area contributed by atoms with Crippen molar-refractivity contribution in [3.8, 4) is 11.5 Å². The smallest absolute Gasteiger partial charge is 0.227 e. The van der Waals surface area contributed by atoms with Gasteiger partial charge in [-0.3, -0.25) is 0 Å². The molecule has 0 bridgehead atoms. The second kappa shape index (κ2) is 5.06. The molecule has 102 valence electrons. The van der Waals surface area contributed by atoms with Crippen LogP contribution in [-0.4, -0.2) is 4.98 Å². The van der Waals surface area contributed by atoms with Gasteiger partial charge in [0.25, 0.3) is 0 Å². The summed E-state index contributed by atoms with van der Waals surface area (Å²) >= 11 is 3.58. The number of benzene rings is 2. The largest absolute Gasteiger partial charge is 0.435 e. The fourth-order valence-electron chi connectivity index (χ4n) is 2.17. The highest BCUT2D eigenvalue weighted by Crippen LogP contribution is 2.32. The minimum Gasteiger partial charge on any atom is -0.435 e. The Hall–Kier alpha value is -1.61. The monoisotopic (exact) mass is 329 g/mol. The molecule has 0 amide bonds. The molecule has 0 aliphatic heterocycles. The lowest BCUT2D eigenvalue weighted by Gasteiger charge is -2.04. The molecular formula is C17H16BrNO. The number of aromatic nitrogens is 1. The van der Waals surface area contributed by atoms with Crippen molar-refractivity contribution in [2.24, 2.45) is 0 Å². The maximum absolute atomic E-state index is 5.90. The summed E-state index contributed by atoms with van der Waals surface area (Å²) in [7, 11) is 0. The summed E-state index contributed by atoms with van der Waals surface area (Å²) in [4.78, 5) is 4.62. The normalized spacial score (nSPS) is 11.4. The van der Waals surface area contributed by atoms with Gasteiger partial charge in [0.05, 0.1) is 4.47 Å². The quantitative estimate of drug-likeness (QED) is 0.603. The van der Waals surface area contributed by atoms with Crippen molar-refractivity contribution in [1.82, 2.24) is 4.98 Å². The molecule has 0 saturated heterocycles. The van der Waals surface area contributed by atoms with Crippen LogP contribution < -0.4 is 0 Å². The number of aryl methyl sites for hydroxylation is 1. The van der Waals surface area contributed by atoms with Gasteiger partial charge in [-0.15, -0.1) is 0 Å². The van der Waals surface area contributed by atoms with Gasteiger partial charge < -0.3 is 4.42 Å². The molecule has 1 aromatic heterocycles. The molecule has 2 nitrogen and oxygen atoms in total. The first-order valence-corrected chi connectivity index (χ1v) is 7.51. The lowest BCUT2D eigenvalue weighted by Crippen LogP contribution is -1.87. The Morgan fingerprint density at radius 2 is 1.80 bits per heavy atom. The number of hydrogen-bond acceptors (Lipinski definition) is 2. The van der Waals surface area contributed by atoms with E-state index in [4.69, 9.17) is 4.42 Å². The highest BCUT2D eigenvalue weighted by Gasteiger charge is 2.13. The Balaban J connectivity index is 2.15. The number of hydrogen-bond donors (Lipinski definition) is 0. The summed E-state index contributed by atoms with van der Waals surface area (Å²) in [6.45, 7) is 6.42. The molecule has 0 spiro atoms. The summed E-state index contributed by atoms with van der Waals surface area (Å²) in [5.41, 5.74) is 5.20. The maximum Gasteiger partial charge on any atom is 0.227 e. The second-order valence-electron chi connectivity index (χ2n) is 5.39. The molecule has 0 radical (unpaired) electrons. The van der Waals surface area contributed by atoms with Crippen LogP contribution >= 0.6 is 15.9 Å². The van der Waals surface area contributed by atoms with Gasteiger partial charge in [-0.2, -0.15) is 0 Å². The van der Waals surface area contributed by atoms with Gasteiger partial charge in [0, 0.05) is 5.56 Å². The molecule has 3 heteroatoms. The Morgan fingerprint density at radius 1 is 1.10 bits per heavy atom. The van der Waals surface area contributed by atoms with Crippen LogP contribution in [0.15, 0.2) is 45.3 Å². The van der Waals surface area contributed by atoms with Crippen molar-refractivity contribution in [3.05, 3.63) is 52.0 Å². The molecule has 0 aliphatic rings. The van der Waals surface area contributed by atoms with Crippen LogP contribution in [0.2, 0.25) is 0 Å². The Kier molecular flexibility index (Phi) is 3.38. The summed E-state index contributed by atoms with van der Waals surface area (Å²) in [5.74, 6) is 1.14. The van der Waals surface area contributed by atoms with Gasteiger partial charge in [0.1, 0.15) is 5.52 Å². The zero-order valence-electron chi connectivity index (χ0n) is 11.8. The van der Waals surface area contributed by atoms with Crippen molar-refractivity contribution in [2.45, 2.75) is 26.7 Å². The Bertz CT molecular complexity index is 757. The molecule has 0 atom stereocenters. The fourth-order valence-corrected chi connectivity index (χ4v) is 2.71. The SMILES string of the molecule is Cc1ccc(-c2nc3cc(C(C)C)cc(Br)c3o2)cc1. The van der Waals surface area contributed by atoms with Crippen molar-refractivity contribution in [3.63, 3.8) is 0 Å². The number of rotatable bonds is 2. The van der Waals surface area contributed by atoms with Gasteiger partial charge in [-0.1, -0.05) is 31.5 Å². The molecular weight excluding hydrogens is 314 g/mol. The summed E-state index contributed by atoms with van der Waals surface area (Å²) in [6, 6.07) is 12.4. The molecule has 3 rings (SSSR count). The van der Waals surface area contributed by atoms with Crippen LogP contribution in [0, 0.1) is 6.92 Å². The summed E-state index contributed by atoms with van der Waals surface area (Å²) in [6.07, 6.45) is 0. The third-order valence-electron chi connectivity index (χ3n) is 3.43. The topological polar surface area (TPSA) is 26.0 Å². The molecule has 0 aliphatic carbocycles. The van der Waals surface area contributed by atoms with E-state index in [1.165, 1.54) is 11.1 Å². The number of nitrogens with zero attached hydrogens (tertiary/aromatic N) is 1.